The number of nitrogens with zero attached hydrogens (tertiary/aromatic N) is 3. The van der Waals surface area contributed by atoms with Crippen LogP contribution in [0.1, 0.15) is 19.7 Å². The molecule has 17 heavy (non-hydrogen) atoms. The van der Waals surface area contributed by atoms with Gasteiger partial charge in [0.2, 0.25) is 0 Å². The summed E-state index contributed by atoms with van der Waals surface area (Å²) in [4.78, 5) is 8.23. The summed E-state index contributed by atoms with van der Waals surface area (Å²) >= 11 is 1.77. The SMILES string of the molecule is CC(C)SCc1noc(-c2ccnc(N)c2)n1. The molecule has 0 aliphatic carbocycles. The van der Waals surface area contributed by atoms with Gasteiger partial charge in [0, 0.05) is 11.8 Å². The third-order valence-corrected chi connectivity index (χ3v) is 3.13. The first-order valence-electron chi connectivity index (χ1n) is 5.31. The topological polar surface area (TPSA) is 77.8 Å². The molecule has 0 radical (unpaired) electrons. The molecule has 0 aliphatic rings. The lowest BCUT2D eigenvalue weighted by Crippen LogP contribution is -1.91. The maximum atomic E-state index is 5.60. The highest BCUT2D eigenvalue weighted by atomic mass is 32.2. The quantitative estimate of drug-likeness (QED) is 0.897. The van der Waals surface area contributed by atoms with Gasteiger partial charge in [-0.05, 0) is 17.4 Å². The van der Waals surface area contributed by atoms with Crippen LogP contribution in [0.4, 0.5) is 5.82 Å². The van der Waals surface area contributed by atoms with Crippen LogP contribution in [0.25, 0.3) is 11.5 Å². The van der Waals surface area contributed by atoms with Crippen LogP contribution >= 0.6 is 11.8 Å². The molecule has 2 rings (SSSR count). The Bertz CT molecular complexity index is 498. The Kier molecular flexibility index (Phi) is 3.63. The smallest absolute Gasteiger partial charge is 0.258 e. The zero-order chi connectivity index (χ0) is 12.3. The highest BCUT2D eigenvalue weighted by Gasteiger charge is 2.09. The molecule has 0 unspecified atom stereocenters. The highest BCUT2D eigenvalue weighted by Crippen LogP contribution is 2.20. The second-order valence-electron chi connectivity index (χ2n) is 3.84. The van der Waals surface area contributed by atoms with E-state index in [2.05, 4.69) is 29.0 Å². The molecular formula is C11H14N4OS. The lowest BCUT2D eigenvalue weighted by Gasteiger charge is -1.99. The summed E-state index contributed by atoms with van der Waals surface area (Å²) < 4.78 is 5.18. The molecule has 0 spiro atoms. The van der Waals surface area contributed by atoms with Crippen molar-refractivity contribution >= 4 is 17.6 Å². The third-order valence-electron chi connectivity index (χ3n) is 2.04. The summed E-state index contributed by atoms with van der Waals surface area (Å²) in [6.07, 6.45) is 1.62. The zero-order valence-corrected chi connectivity index (χ0v) is 10.6. The Labute approximate surface area is 104 Å². The number of rotatable bonds is 4. The number of thioether (sulfide) groups is 1. The van der Waals surface area contributed by atoms with E-state index in [9.17, 15) is 0 Å². The minimum absolute atomic E-state index is 0.443. The first-order chi connectivity index (χ1) is 8.15. The van der Waals surface area contributed by atoms with E-state index in [1.54, 1.807) is 30.1 Å². The summed E-state index contributed by atoms with van der Waals surface area (Å²) in [7, 11) is 0. The van der Waals surface area contributed by atoms with Gasteiger partial charge in [0.05, 0.1) is 5.75 Å². The molecule has 0 aliphatic heterocycles. The van der Waals surface area contributed by atoms with Crippen molar-refractivity contribution in [2.75, 3.05) is 5.73 Å². The third kappa shape index (κ3) is 3.20. The Morgan fingerprint density at radius 2 is 2.29 bits per heavy atom. The van der Waals surface area contributed by atoms with Gasteiger partial charge >= 0.3 is 0 Å². The standard InChI is InChI=1S/C11H14N4OS/c1-7(2)17-6-10-14-11(16-15-10)8-3-4-13-9(12)5-8/h3-5,7H,6H2,1-2H3,(H2,12,13). The van der Waals surface area contributed by atoms with Crippen LogP contribution in [0.5, 0.6) is 0 Å². The van der Waals surface area contributed by atoms with E-state index in [-0.39, 0.29) is 0 Å². The lowest BCUT2D eigenvalue weighted by molar-refractivity contribution is 0.425. The molecule has 6 heteroatoms. The van der Waals surface area contributed by atoms with Crippen molar-refractivity contribution < 1.29 is 4.52 Å². The van der Waals surface area contributed by atoms with E-state index < -0.39 is 0 Å². The zero-order valence-electron chi connectivity index (χ0n) is 9.75. The van der Waals surface area contributed by atoms with Crippen molar-refractivity contribution in [2.45, 2.75) is 24.9 Å². The summed E-state index contributed by atoms with van der Waals surface area (Å²) in [5.41, 5.74) is 6.39. The van der Waals surface area contributed by atoms with Crippen LogP contribution < -0.4 is 5.73 Å². The molecular weight excluding hydrogens is 236 g/mol. The van der Waals surface area contributed by atoms with Crippen molar-refractivity contribution in [3.63, 3.8) is 0 Å². The predicted molar refractivity (Wildman–Crippen MR) is 68.4 cm³/mol. The minimum Gasteiger partial charge on any atom is -0.384 e. The van der Waals surface area contributed by atoms with Crippen molar-refractivity contribution in [2.24, 2.45) is 0 Å². The molecule has 0 atom stereocenters. The average molecular weight is 250 g/mol. The van der Waals surface area contributed by atoms with Crippen LogP contribution in [-0.4, -0.2) is 20.4 Å². The molecule has 90 valence electrons. The number of hydrogen-bond acceptors (Lipinski definition) is 6. The first kappa shape index (κ1) is 11.9. The van der Waals surface area contributed by atoms with Crippen molar-refractivity contribution in [1.29, 1.82) is 0 Å². The van der Waals surface area contributed by atoms with Gasteiger partial charge in [0.1, 0.15) is 5.82 Å². The van der Waals surface area contributed by atoms with Crippen molar-refractivity contribution in [1.82, 2.24) is 15.1 Å². The maximum absolute atomic E-state index is 5.60. The van der Waals surface area contributed by atoms with E-state index >= 15 is 0 Å². The van der Waals surface area contributed by atoms with Gasteiger partial charge in [-0.3, -0.25) is 0 Å². The molecule has 0 fully saturated rings. The molecule has 0 saturated carbocycles. The van der Waals surface area contributed by atoms with Gasteiger partial charge < -0.3 is 10.3 Å². The van der Waals surface area contributed by atoms with Crippen molar-refractivity contribution in [3.8, 4) is 11.5 Å². The van der Waals surface area contributed by atoms with E-state index in [1.165, 1.54) is 0 Å². The second kappa shape index (κ2) is 5.18. The second-order valence-corrected chi connectivity index (χ2v) is 5.41. The summed E-state index contributed by atoms with van der Waals surface area (Å²) in [6.45, 7) is 4.27. The Morgan fingerprint density at radius 1 is 1.47 bits per heavy atom. The summed E-state index contributed by atoms with van der Waals surface area (Å²) in [5, 5.41) is 4.48. The van der Waals surface area contributed by atoms with Crippen LogP contribution in [-0.2, 0) is 5.75 Å². The Hall–Kier alpha value is -1.56. The molecule has 2 aromatic heterocycles. The number of hydrogen-bond donors (Lipinski definition) is 1. The van der Waals surface area contributed by atoms with Crippen LogP contribution in [0.15, 0.2) is 22.9 Å². The molecule has 0 aromatic carbocycles. The minimum atomic E-state index is 0.443. The maximum Gasteiger partial charge on any atom is 0.258 e. The van der Waals surface area contributed by atoms with E-state index in [4.69, 9.17) is 10.3 Å². The normalized spacial score (nSPS) is 11.0. The fourth-order valence-corrected chi connectivity index (χ4v) is 1.85. The number of pyridine rings is 1. The first-order valence-corrected chi connectivity index (χ1v) is 6.36. The largest absolute Gasteiger partial charge is 0.384 e. The van der Waals surface area contributed by atoms with E-state index in [0.717, 1.165) is 11.3 Å². The molecule has 0 saturated heterocycles. The van der Waals surface area contributed by atoms with E-state index in [0.29, 0.717) is 22.8 Å². The van der Waals surface area contributed by atoms with E-state index in [1.807, 2.05) is 0 Å². The van der Waals surface area contributed by atoms with Crippen LogP contribution in [0.3, 0.4) is 0 Å². The molecule has 0 amide bonds. The number of nitrogens with two attached hydrogens (primary N) is 1. The van der Waals surface area contributed by atoms with Gasteiger partial charge in [0.15, 0.2) is 5.82 Å². The molecule has 5 nitrogen and oxygen atoms in total. The van der Waals surface area contributed by atoms with Crippen LogP contribution in [0.2, 0.25) is 0 Å². The summed E-state index contributed by atoms with van der Waals surface area (Å²) in [6, 6.07) is 3.51. The molecule has 0 bridgehead atoms. The molecule has 2 N–H and O–H groups in total. The predicted octanol–water partition coefficient (Wildman–Crippen LogP) is 2.36. The average Bonchev–Trinajstić information content (AvgIpc) is 2.75. The number of aromatic nitrogens is 3. The monoisotopic (exact) mass is 250 g/mol. The van der Waals surface area contributed by atoms with Gasteiger partial charge in [-0.2, -0.15) is 16.7 Å². The number of nitrogen functional groups attached to an aromatic ring is 1. The van der Waals surface area contributed by atoms with Crippen molar-refractivity contribution in [3.05, 3.63) is 24.2 Å². The van der Waals surface area contributed by atoms with Gasteiger partial charge in [0.25, 0.3) is 5.89 Å². The molecule has 2 heterocycles. The summed E-state index contributed by atoms with van der Waals surface area (Å²) in [5.74, 6) is 2.38. The van der Waals surface area contributed by atoms with Gasteiger partial charge in [-0.1, -0.05) is 19.0 Å². The van der Waals surface area contributed by atoms with Gasteiger partial charge in [-0.15, -0.1) is 0 Å². The van der Waals surface area contributed by atoms with Gasteiger partial charge in [-0.25, -0.2) is 4.98 Å². The van der Waals surface area contributed by atoms with Crippen LogP contribution in [0, 0.1) is 0 Å². The Morgan fingerprint density at radius 3 is 3.00 bits per heavy atom. The Balaban J connectivity index is 2.12. The lowest BCUT2D eigenvalue weighted by atomic mass is 10.2. The highest BCUT2D eigenvalue weighted by molar-refractivity contribution is 7.99. The molecule has 2 aromatic rings. The fraction of sp³-hybridized carbons (Fsp3) is 0.364. The fourth-order valence-electron chi connectivity index (χ4n) is 1.25. The number of anilines is 1.